The second-order valence-corrected chi connectivity index (χ2v) is 3.96. The van der Waals surface area contributed by atoms with Crippen LogP contribution in [-0.4, -0.2) is 15.0 Å². The van der Waals surface area contributed by atoms with E-state index in [1.54, 1.807) is 11.0 Å². The van der Waals surface area contributed by atoms with Crippen molar-refractivity contribution in [1.82, 2.24) is 15.0 Å². The molecule has 0 spiro atoms. The Morgan fingerprint density at radius 1 is 1.67 bits per heavy atom. The van der Waals surface area contributed by atoms with Gasteiger partial charge in [0.05, 0.1) is 12.7 Å². The molecule has 0 saturated heterocycles. The van der Waals surface area contributed by atoms with Gasteiger partial charge >= 0.3 is 0 Å². The van der Waals surface area contributed by atoms with Gasteiger partial charge in [-0.3, -0.25) is 0 Å². The van der Waals surface area contributed by atoms with Gasteiger partial charge < -0.3 is 5.73 Å². The molecule has 4 nitrogen and oxygen atoms in total. The summed E-state index contributed by atoms with van der Waals surface area (Å²) in [6.45, 7) is 3.18. The molecule has 0 radical (unpaired) electrons. The van der Waals surface area contributed by atoms with Crippen molar-refractivity contribution in [2.45, 2.75) is 32.7 Å². The summed E-state index contributed by atoms with van der Waals surface area (Å²) < 4.78 is 0. The lowest BCUT2D eigenvalue weighted by molar-refractivity contribution is 0.118. The van der Waals surface area contributed by atoms with Crippen LogP contribution in [0.4, 0.5) is 5.82 Å². The van der Waals surface area contributed by atoms with E-state index >= 15 is 0 Å². The van der Waals surface area contributed by atoms with E-state index in [0.29, 0.717) is 11.2 Å². The number of aromatic nitrogens is 3. The van der Waals surface area contributed by atoms with Gasteiger partial charge in [0, 0.05) is 0 Å². The number of nitrogen functional groups attached to an aromatic ring is 1. The maximum atomic E-state index is 5.46. The number of rotatable bonds is 2. The Balaban J connectivity index is 2.03. The molecule has 2 rings (SSSR count). The highest BCUT2D eigenvalue weighted by molar-refractivity contribution is 5.19. The monoisotopic (exact) mass is 166 g/mol. The molecule has 12 heavy (non-hydrogen) atoms. The van der Waals surface area contributed by atoms with Crippen molar-refractivity contribution in [1.29, 1.82) is 0 Å². The Morgan fingerprint density at radius 3 is 2.83 bits per heavy atom. The average Bonchev–Trinajstić information content (AvgIpc) is 2.32. The highest BCUT2D eigenvalue weighted by Crippen LogP contribution is 2.41. The first-order chi connectivity index (χ1) is 5.68. The Kier molecular flexibility index (Phi) is 1.56. The molecule has 0 unspecified atom stereocenters. The van der Waals surface area contributed by atoms with Crippen molar-refractivity contribution in [2.75, 3.05) is 5.73 Å². The summed E-state index contributed by atoms with van der Waals surface area (Å²) in [6.07, 6.45) is 5.51. The molecule has 1 aliphatic rings. The minimum atomic E-state index is 0.422. The van der Waals surface area contributed by atoms with Crippen molar-refractivity contribution in [2.24, 2.45) is 5.41 Å². The van der Waals surface area contributed by atoms with Gasteiger partial charge in [-0.05, 0) is 18.3 Å². The van der Waals surface area contributed by atoms with Gasteiger partial charge in [-0.1, -0.05) is 13.3 Å². The van der Waals surface area contributed by atoms with Crippen LogP contribution in [0.15, 0.2) is 6.20 Å². The van der Waals surface area contributed by atoms with Crippen LogP contribution in [0.25, 0.3) is 0 Å². The fraction of sp³-hybridized carbons (Fsp3) is 0.750. The molecule has 1 fully saturated rings. The minimum absolute atomic E-state index is 0.422. The zero-order valence-electron chi connectivity index (χ0n) is 7.32. The van der Waals surface area contributed by atoms with Crippen molar-refractivity contribution < 1.29 is 0 Å². The lowest BCUT2D eigenvalue weighted by Crippen LogP contribution is -2.31. The summed E-state index contributed by atoms with van der Waals surface area (Å²) >= 11 is 0. The van der Waals surface area contributed by atoms with Crippen LogP contribution in [0.1, 0.15) is 26.2 Å². The number of nitrogens with zero attached hydrogens (tertiary/aromatic N) is 3. The van der Waals surface area contributed by atoms with E-state index in [1.807, 2.05) is 0 Å². The molecule has 66 valence electrons. The van der Waals surface area contributed by atoms with Gasteiger partial charge in [0.2, 0.25) is 0 Å². The Morgan fingerprint density at radius 2 is 2.42 bits per heavy atom. The number of hydrogen-bond acceptors (Lipinski definition) is 3. The molecule has 0 aromatic carbocycles. The summed E-state index contributed by atoms with van der Waals surface area (Å²) in [5, 5.41) is 8.12. The number of nitrogens with two attached hydrogens (primary N) is 1. The second-order valence-electron chi connectivity index (χ2n) is 3.96. The van der Waals surface area contributed by atoms with Crippen LogP contribution in [0.5, 0.6) is 0 Å². The zero-order chi connectivity index (χ0) is 8.60. The standard InChI is InChI=1S/C8H14N4/c1-8(3-2-4-8)6-12-10-5-7(9)11-12/h5H,2-4,6H2,1H3,(H2,9,11). The van der Waals surface area contributed by atoms with E-state index in [1.165, 1.54) is 19.3 Å². The van der Waals surface area contributed by atoms with E-state index < -0.39 is 0 Å². The molecule has 1 saturated carbocycles. The van der Waals surface area contributed by atoms with Crippen molar-refractivity contribution >= 4 is 5.82 Å². The fourth-order valence-electron chi connectivity index (χ4n) is 1.67. The number of hydrogen-bond donors (Lipinski definition) is 1. The smallest absolute Gasteiger partial charge is 0.165 e. The molecule has 0 atom stereocenters. The minimum Gasteiger partial charge on any atom is -0.381 e. The highest BCUT2D eigenvalue weighted by Gasteiger charge is 2.32. The molecule has 1 aromatic heterocycles. The first-order valence-corrected chi connectivity index (χ1v) is 4.34. The van der Waals surface area contributed by atoms with Gasteiger partial charge in [-0.25, -0.2) is 0 Å². The Hall–Kier alpha value is -1.06. The van der Waals surface area contributed by atoms with Crippen LogP contribution in [0, 0.1) is 5.41 Å². The van der Waals surface area contributed by atoms with Crippen LogP contribution < -0.4 is 5.73 Å². The normalized spacial score (nSPS) is 20.4. The van der Waals surface area contributed by atoms with E-state index in [2.05, 4.69) is 17.1 Å². The summed E-state index contributed by atoms with van der Waals surface area (Å²) in [6, 6.07) is 0. The maximum absolute atomic E-state index is 5.46. The third-order valence-corrected chi connectivity index (χ3v) is 2.64. The van der Waals surface area contributed by atoms with Gasteiger partial charge in [0.25, 0.3) is 0 Å². The van der Waals surface area contributed by atoms with Crippen LogP contribution in [0.3, 0.4) is 0 Å². The molecule has 1 heterocycles. The second kappa shape index (κ2) is 2.47. The molecule has 0 aliphatic heterocycles. The fourth-order valence-corrected chi connectivity index (χ4v) is 1.67. The van der Waals surface area contributed by atoms with Crippen molar-refractivity contribution in [3.8, 4) is 0 Å². The lowest BCUT2D eigenvalue weighted by atomic mass is 9.70. The molecule has 0 amide bonds. The van der Waals surface area contributed by atoms with E-state index in [0.717, 1.165) is 6.54 Å². The molecule has 4 heteroatoms. The number of anilines is 1. The molecule has 1 aliphatic carbocycles. The van der Waals surface area contributed by atoms with Crippen molar-refractivity contribution in [3.05, 3.63) is 6.20 Å². The van der Waals surface area contributed by atoms with Gasteiger partial charge in [0.1, 0.15) is 0 Å². The third-order valence-electron chi connectivity index (χ3n) is 2.64. The van der Waals surface area contributed by atoms with E-state index in [4.69, 9.17) is 5.73 Å². The summed E-state index contributed by atoms with van der Waals surface area (Å²) in [7, 11) is 0. The molecule has 0 bridgehead atoms. The third kappa shape index (κ3) is 1.29. The van der Waals surface area contributed by atoms with E-state index in [9.17, 15) is 0 Å². The quantitative estimate of drug-likeness (QED) is 0.714. The first kappa shape index (κ1) is 7.58. The first-order valence-electron chi connectivity index (χ1n) is 4.34. The van der Waals surface area contributed by atoms with Crippen LogP contribution in [0.2, 0.25) is 0 Å². The van der Waals surface area contributed by atoms with Crippen LogP contribution >= 0.6 is 0 Å². The molecule has 1 aromatic rings. The Bertz CT molecular complexity index is 274. The van der Waals surface area contributed by atoms with Crippen molar-refractivity contribution in [3.63, 3.8) is 0 Å². The molecule has 2 N–H and O–H groups in total. The lowest BCUT2D eigenvalue weighted by Gasteiger charge is -2.37. The van der Waals surface area contributed by atoms with E-state index in [-0.39, 0.29) is 0 Å². The van der Waals surface area contributed by atoms with Gasteiger partial charge in [0.15, 0.2) is 5.82 Å². The topological polar surface area (TPSA) is 56.7 Å². The SMILES string of the molecule is CC1(Cn2ncc(N)n2)CCC1. The summed E-state index contributed by atoms with van der Waals surface area (Å²) in [4.78, 5) is 1.70. The average molecular weight is 166 g/mol. The maximum Gasteiger partial charge on any atom is 0.165 e. The van der Waals surface area contributed by atoms with Crippen LogP contribution in [-0.2, 0) is 6.54 Å². The highest BCUT2D eigenvalue weighted by atomic mass is 15.5. The molecular weight excluding hydrogens is 152 g/mol. The largest absolute Gasteiger partial charge is 0.381 e. The summed E-state index contributed by atoms with van der Waals surface area (Å²) in [5.41, 5.74) is 5.88. The van der Waals surface area contributed by atoms with Gasteiger partial charge in [-0.15, -0.1) is 5.10 Å². The van der Waals surface area contributed by atoms with Gasteiger partial charge in [-0.2, -0.15) is 9.90 Å². The predicted octanol–water partition coefficient (Wildman–Crippen LogP) is 1.05. The summed E-state index contributed by atoms with van der Waals surface area (Å²) in [5.74, 6) is 0.512. The zero-order valence-corrected chi connectivity index (χ0v) is 7.32. The predicted molar refractivity (Wildman–Crippen MR) is 46.4 cm³/mol. The Labute approximate surface area is 71.8 Å². The molecular formula is C8H14N4.